The summed E-state index contributed by atoms with van der Waals surface area (Å²) in [5, 5.41) is 0. The van der Waals surface area contributed by atoms with Gasteiger partial charge in [-0.2, -0.15) is 0 Å². The minimum atomic E-state index is 0.0831. The molecular formula is C13H9NO2. The summed E-state index contributed by atoms with van der Waals surface area (Å²) in [6.45, 7) is 0. The number of hydrogen-bond acceptors (Lipinski definition) is 3. The Hall–Kier alpha value is -2.16. The largest absolute Gasteiger partial charge is 0.462 e. The second-order valence-corrected chi connectivity index (χ2v) is 3.70. The number of fused-ring (bicyclic) bond motifs is 2. The second kappa shape index (κ2) is 3.45. The number of carbonyl (C=O) groups excluding carboxylic acids is 1. The summed E-state index contributed by atoms with van der Waals surface area (Å²) in [5.74, 6) is 0.803. The van der Waals surface area contributed by atoms with Crippen LogP contribution in [0.25, 0.3) is 0 Å². The number of allylic oxidation sites excluding steroid dienone is 3. The molecule has 0 N–H and O–H groups in total. The van der Waals surface area contributed by atoms with Crippen molar-refractivity contribution in [1.82, 2.24) is 0 Å². The molecule has 0 radical (unpaired) electrons. The average Bonchev–Trinajstić information content (AvgIpc) is 2.48. The molecule has 2 aliphatic rings. The highest BCUT2D eigenvalue weighted by atomic mass is 16.5. The van der Waals surface area contributed by atoms with Crippen LogP contribution in [-0.2, 0) is 4.79 Å². The smallest absolute Gasteiger partial charge is 0.160 e. The first kappa shape index (κ1) is 9.09. The lowest BCUT2D eigenvalue weighted by Crippen LogP contribution is -2.10. The molecule has 0 fully saturated rings. The zero-order chi connectivity index (χ0) is 11.0. The van der Waals surface area contributed by atoms with E-state index in [-0.39, 0.29) is 5.78 Å². The molecule has 1 heterocycles. The number of carbonyl (C=O) groups is 1. The van der Waals surface area contributed by atoms with Gasteiger partial charge in [-0.25, -0.2) is 4.99 Å². The van der Waals surface area contributed by atoms with Crippen LogP contribution in [0, 0.1) is 0 Å². The summed E-state index contributed by atoms with van der Waals surface area (Å²) < 4.78 is 5.50. The van der Waals surface area contributed by atoms with E-state index in [2.05, 4.69) is 4.99 Å². The Kier molecular flexibility index (Phi) is 1.96. The topological polar surface area (TPSA) is 38.7 Å². The molecule has 3 heteroatoms. The Morgan fingerprint density at radius 1 is 1.19 bits per heavy atom. The van der Waals surface area contributed by atoms with E-state index < -0.39 is 0 Å². The lowest BCUT2D eigenvalue weighted by molar-refractivity contribution is -0.114. The van der Waals surface area contributed by atoms with Gasteiger partial charge >= 0.3 is 0 Å². The number of ketones is 1. The van der Waals surface area contributed by atoms with Crippen LogP contribution in [0.1, 0.15) is 6.42 Å². The summed E-state index contributed by atoms with van der Waals surface area (Å²) >= 11 is 0. The van der Waals surface area contributed by atoms with Gasteiger partial charge in [-0.15, -0.1) is 0 Å². The molecule has 3 nitrogen and oxygen atoms in total. The minimum absolute atomic E-state index is 0.0831. The van der Waals surface area contributed by atoms with Gasteiger partial charge in [-0.3, -0.25) is 4.79 Å². The van der Waals surface area contributed by atoms with Crippen LogP contribution >= 0.6 is 0 Å². The Morgan fingerprint density at radius 3 is 3.00 bits per heavy atom. The Balaban J connectivity index is 2.14. The van der Waals surface area contributed by atoms with Gasteiger partial charge < -0.3 is 4.74 Å². The molecule has 78 valence electrons. The van der Waals surface area contributed by atoms with Gasteiger partial charge in [0.25, 0.3) is 0 Å². The summed E-state index contributed by atoms with van der Waals surface area (Å²) in [5.41, 5.74) is 2.44. The zero-order valence-corrected chi connectivity index (χ0v) is 8.51. The standard InChI is InChI=1S/C13H9NO2/c15-10-5-6-11-9(7-10)8-16-13-4-2-1-3-12(13)14-11/h1-6,8H,7H2. The molecule has 1 aliphatic heterocycles. The fourth-order valence-electron chi connectivity index (χ4n) is 1.74. The highest BCUT2D eigenvalue weighted by Crippen LogP contribution is 2.31. The minimum Gasteiger partial charge on any atom is -0.462 e. The maximum absolute atomic E-state index is 11.3. The molecule has 0 atom stereocenters. The third-order valence-corrected chi connectivity index (χ3v) is 2.56. The van der Waals surface area contributed by atoms with Gasteiger partial charge in [0, 0.05) is 12.0 Å². The highest BCUT2D eigenvalue weighted by molar-refractivity contribution is 6.18. The van der Waals surface area contributed by atoms with Gasteiger partial charge in [0.2, 0.25) is 0 Å². The number of nitrogens with zero attached hydrogens (tertiary/aromatic N) is 1. The molecular weight excluding hydrogens is 202 g/mol. The summed E-state index contributed by atoms with van der Waals surface area (Å²) in [6, 6.07) is 7.56. The number of benzene rings is 1. The van der Waals surface area contributed by atoms with Crippen molar-refractivity contribution in [3.05, 3.63) is 48.3 Å². The van der Waals surface area contributed by atoms with Crippen LogP contribution < -0.4 is 4.74 Å². The van der Waals surface area contributed by atoms with Gasteiger partial charge in [-0.05, 0) is 24.3 Å². The van der Waals surface area contributed by atoms with Crippen LogP contribution in [0.4, 0.5) is 5.69 Å². The molecule has 0 unspecified atom stereocenters. The third kappa shape index (κ3) is 1.46. The maximum Gasteiger partial charge on any atom is 0.160 e. The van der Waals surface area contributed by atoms with Crippen LogP contribution in [0.5, 0.6) is 5.75 Å². The Labute approximate surface area is 92.8 Å². The number of ether oxygens (including phenoxy) is 1. The van der Waals surface area contributed by atoms with Crippen molar-refractivity contribution in [1.29, 1.82) is 0 Å². The fourth-order valence-corrected chi connectivity index (χ4v) is 1.74. The molecule has 0 spiro atoms. The Bertz CT molecular complexity index is 553. The lowest BCUT2D eigenvalue weighted by Gasteiger charge is -2.07. The van der Waals surface area contributed by atoms with E-state index in [0.29, 0.717) is 6.42 Å². The van der Waals surface area contributed by atoms with E-state index in [1.165, 1.54) is 0 Å². The van der Waals surface area contributed by atoms with Gasteiger partial charge in [0.1, 0.15) is 5.69 Å². The van der Waals surface area contributed by atoms with E-state index in [4.69, 9.17) is 4.74 Å². The van der Waals surface area contributed by atoms with E-state index in [9.17, 15) is 4.79 Å². The number of rotatable bonds is 0. The maximum atomic E-state index is 11.3. The van der Waals surface area contributed by atoms with Gasteiger partial charge in [-0.1, -0.05) is 12.1 Å². The SMILES string of the molecule is O=C1C=CC2=Nc3ccccc3OC=C2C1. The predicted octanol–water partition coefficient (Wildman–Crippen LogP) is 2.56. The molecule has 1 aromatic carbocycles. The number of para-hydroxylation sites is 2. The fraction of sp³-hybridized carbons (Fsp3) is 0.0769. The van der Waals surface area contributed by atoms with Crippen molar-refractivity contribution < 1.29 is 9.53 Å². The number of aliphatic imine (C=N–C) groups is 1. The molecule has 1 aromatic rings. The monoisotopic (exact) mass is 211 g/mol. The van der Waals surface area contributed by atoms with Crippen molar-refractivity contribution in [2.45, 2.75) is 6.42 Å². The molecule has 0 aromatic heterocycles. The van der Waals surface area contributed by atoms with Crippen molar-refractivity contribution >= 4 is 17.2 Å². The van der Waals surface area contributed by atoms with Crippen molar-refractivity contribution in [2.75, 3.05) is 0 Å². The van der Waals surface area contributed by atoms with Gasteiger partial charge in [0.05, 0.1) is 12.0 Å². The van der Waals surface area contributed by atoms with Crippen molar-refractivity contribution in [2.24, 2.45) is 4.99 Å². The third-order valence-electron chi connectivity index (χ3n) is 2.56. The molecule has 0 saturated heterocycles. The van der Waals surface area contributed by atoms with Crippen LogP contribution in [0.15, 0.2) is 53.2 Å². The second-order valence-electron chi connectivity index (χ2n) is 3.70. The van der Waals surface area contributed by atoms with Gasteiger partial charge in [0.15, 0.2) is 11.5 Å². The van der Waals surface area contributed by atoms with Crippen LogP contribution in [-0.4, -0.2) is 11.5 Å². The first-order chi connectivity index (χ1) is 7.83. The lowest BCUT2D eigenvalue weighted by atomic mass is 9.99. The summed E-state index contributed by atoms with van der Waals surface area (Å²) in [4.78, 5) is 15.7. The average molecular weight is 211 g/mol. The molecule has 0 amide bonds. The molecule has 0 bridgehead atoms. The van der Waals surface area contributed by atoms with E-state index >= 15 is 0 Å². The predicted molar refractivity (Wildman–Crippen MR) is 61.0 cm³/mol. The molecule has 0 saturated carbocycles. The van der Waals surface area contributed by atoms with E-state index in [1.807, 2.05) is 24.3 Å². The molecule has 1 aliphatic carbocycles. The summed E-state index contributed by atoms with van der Waals surface area (Å²) in [6.07, 6.45) is 5.28. The van der Waals surface area contributed by atoms with Crippen molar-refractivity contribution in [3.8, 4) is 5.75 Å². The zero-order valence-electron chi connectivity index (χ0n) is 8.51. The van der Waals surface area contributed by atoms with Crippen LogP contribution in [0.2, 0.25) is 0 Å². The summed E-state index contributed by atoms with van der Waals surface area (Å²) in [7, 11) is 0. The van der Waals surface area contributed by atoms with Crippen LogP contribution in [0.3, 0.4) is 0 Å². The highest BCUT2D eigenvalue weighted by Gasteiger charge is 2.18. The normalized spacial score (nSPS) is 17.6. The first-order valence-corrected chi connectivity index (χ1v) is 5.07. The van der Waals surface area contributed by atoms with Crippen molar-refractivity contribution in [3.63, 3.8) is 0 Å². The molecule has 16 heavy (non-hydrogen) atoms. The Morgan fingerprint density at radius 2 is 2.06 bits per heavy atom. The molecule has 3 rings (SSSR count). The van der Waals surface area contributed by atoms with E-state index in [0.717, 1.165) is 22.7 Å². The number of hydrogen-bond donors (Lipinski definition) is 0. The quantitative estimate of drug-likeness (QED) is 0.661. The van der Waals surface area contributed by atoms with E-state index in [1.54, 1.807) is 18.4 Å². The first-order valence-electron chi connectivity index (χ1n) is 5.07.